The summed E-state index contributed by atoms with van der Waals surface area (Å²) in [4.78, 5) is 36.4. The van der Waals surface area contributed by atoms with Crippen molar-refractivity contribution in [3.8, 4) is 0 Å². The Labute approximate surface area is 183 Å². The number of carbonyl (C=O) groups is 3. The second kappa shape index (κ2) is 10.8. The van der Waals surface area contributed by atoms with E-state index in [0.29, 0.717) is 32.2 Å². The number of amides is 2. The number of para-hydroxylation sites is 1. The minimum atomic E-state index is -0.790. The lowest BCUT2D eigenvalue weighted by Gasteiger charge is -2.23. The van der Waals surface area contributed by atoms with Gasteiger partial charge in [-0.2, -0.15) is 0 Å². The topological polar surface area (TPSA) is 98.7 Å². The number of unbranched alkanes of at least 4 members (excludes halogenated alkanes) is 1. The van der Waals surface area contributed by atoms with Gasteiger partial charge in [0.25, 0.3) is 0 Å². The summed E-state index contributed by atoms with van der Waals surface area (Å²) in [5, 5.41) is 6.59. The maximum absolute atomic E-state index is 12.9. The maximum Gasteiger partial charge on any atom is 0.408 e. The lowest BCUT2D eigenvalue weighted by atomic mass is 10.0. The lowest BCUT2D eigenvalue weighted by Crippen LogP contribution is -2.49. The minimum Gasteiger partial charge on any atom is -0.469 e. The molecule has 0 saturated heterocycles. The summed E-state index contributed by atoms with van der Waals surface area (Å²) in [6.07, 6.45) is 3.21. The van der Waals surface area contributed by atoms with Crippen LogP contribution in [0.4, 0.5) is 4.79 Å². The van der Waals surface area contributed by atoms with Crippen molar-refractivity contribution in [1.29, 1.82) is 0 Å². The van der Waals surface area contributed by atoms with E-state index in [1.165, 1.54) is 7.11 Å². The number of ether oxygens (including phenoxy) is 2. The van der Waals surface area contributed by atoms with Crippen LogP contribution in [0.15, 0.2) is 30.5 Å². The van der Waals surface area contributed by atoms with Gasteiger partial charge < -0.3 is 24.7 Å². The summed E-state index contributed by atoms with van der Waals surface area (Å²) in [6.45, 7) is 5.72. The quantitative estimate of drug-likeness (QED) is 0.470. The van der Waals surface area contributed by atoms with Crippen LogP contribution >= 0.6 is 0 Å². The molecule has 0 saturated carbocycles. The molecule has 0 bridgehead atoms. The number of aryl methyl sites for hydroxylation is 1. The number of nitrogens with zero attached hydrogens (tertiary/aromatic N) is 1. The summed E-state index contributed by atoms with van der Waals surface area (Å²) in [6, 6.07) is 7.13. The molecule has 1 aromatic heterocycles. The highest BCUT2D eigenvalue weighted by Gasteiger charge is 2.25. The number of benzene rings is 1. The van der Waals surface area contributed by atoms with Crippen LogP contribution in [0.5, 0.6) is 0 Å². The van der Waals surface area contributed by atoms with Crippen LogP contribution in [-0.4, -0.2) is 47.8 Å². The third-order valence-corrected chi connectivity index (χ3v) is 4.75. The Morgan fingerprint density at radius 2 is 1.84 bits per heavy atom. The molecule has 0 spiro atoms. The zero-order valence-corrected chi connectivity index (χ0v) is 19.0. The molecule has 2 aromatic rings. The Morgan fingerprint density at radius 1 is 1.13 bits per heavy atom. The van der Waals surface area contributed by atoms with Gasteiger partial charge in [0.05, 0.1) is 7.11 Å². The molecule has 1 aromatic carbocycles. The molecule has 2 amide bonds. The van der Waals surface area contributed by atoms with E-state index in [2.05, 4.69) is 15.4 Å². The molecule has 2 N–H and O–H groups in total. The Morgan fingerprint density at radius 3 is 2.52 bits per heavy atom. The van der Waals surface area contributed by atoms with Crippen LogP contribution in [0.1, 0.15) is 45.6 Å². The molecular formula is C23H33N3O5. The molecule has 31 heavy (non-hydrogen) atoms. The van der Waals surface area contributed by atoms with Crippen molar-refractivity contribution in [3.05, 3.63) is 36.0 Å². The fourth-order valence-corrected chi connectivity index (χ4v) is 3.30. The highest BCUT2D eigenvalue weighted by atomic mass is 16.6. The molecule has 0 fully saturated rings. The van der Waals surface area contributed by atoms with Gasteiger partial charge >= 0.3 is 12.1 Å². The van der Waals surface area contributed by atoms with E-state index < -0.39 is 17.7 Å². The first kappa shape index (κ1) is 24.2. The third kappa shape index (κ3) is 7.62. The number of rotatable bonds is 9. The van der Waals surface area contributed by atoms with Gasteiger partial charge in [-0.05, 0) is 45.2 Å². The first-order valence-corrected chi connectivity index (χ1v) is 10.5. The van der Waals surface area contributed by atoms with Crippen LogP contribution in [0, 0.1) is 0 Å². The minimum absolute atomic E-state index is 0.272. The number of alkyl carbamates (subject to hydrolysis) is 1. The van der Waals surface area contributed by atoms with Crippen molar-refractivity contribution < 1.29 is 23.9 Å². The molecule has 1 atom stereocenters. The molecule has 170 valence electrons. The van der Waals surface area contributed by atoms with Gasteiger partial charge in [-0.3, -0.25) is 9.59 Å². The second-order valence-corrected chi connectivity index (χ2v) is 8.51. The molecule has 8 nitrogen and oxygen atoms in total. The summed E-state index contributed by atoms with van der Waals surface area (Å²) in [5.41, 5.74) is 1.34. The van der Waals surface area contributed by atoms with E-state index >= 15 is 0 Å². The zero-order valence-electron chi connectivity index (χ0n) is 19.0. The van der Waals surface area contributed by atoms with Gasteiger partial charge in [-0.25, -0.2) is 4.79 Å². The first-order valence-electron chi connectivity index (χ1n) is 10.5. The standard InChI is InChI=1S/C23H33N3O5/c1-23(2,3)31-22(29)25-18(21(28)24-13-9-8-12-20(27)30-5)14-16-15-26(4)19-11-7-6-10-17(16)19/h6-7,10-11,15,18H,8-9,12-14H2,1-5H3,(H,24,28)(H,25,29). The van der Waals surface area contributed by atoms with Crippen LogP contribution in [-0.2, 0) is 32.5 Å². The van der Waals surface area contributed by atoms with Crippen molar-refractivity contribution in [2.24, 2.45) is 7.05 Å². The van der Waals surface area contributed by atoms with Crippen LogP contribution in [0.25, 0.3) is 10.9 Å². The second-order valence-electron chi connectivity index (χ2n) is 8.51. The molecule has 8 heteroatoms. The Hall–Kier alpha value is -3.03. The molecular weight excluding hydrogens is 398 g/mol. The highest BCUT2D eigenvalue weighted by molar-refractivity contribution is 5.88. The van der Waals surface area contributed by atoms with E-state index in [-0.39, 0.29) is 11.9 Å². The molecule has 0 aliphatic carbocycles. The monoisotopic (exact) mass is 431 g/mol. The maximum atomic E-state index is 12.9. The molecule has 1 unspecified atom stereocenters. The summed E-state index contributed by atoms with van der Waals surface area (Å²) in [7, 11) is 3.30. The predicted molar refractivity (Wildman–Crippen MR) is 119 cm³/mol. The van der Waals surface area contributed by atoms with Gasteiger partial charge in [0.2, 0.25) is 5.91 Å². The van der Waals surface area contributed by atoms with Gasteiger partial charge in [0, 0.05) is 43.5 Å². The van der Waals surface area contributed by atoms with E-state index in [1.807, 2.05) is 42.1 Å². The number of hydrogen-bond acceptors (Lipinski definition) is 5. The summed E-state index contributed by atoms with van der Waals surface area (Å²) in [5.74, 6) is -0.566. The van der Waals surface area contributed by atoms with Gasteiger partial charge in [-0.15, -0.1) is 0 Å². The van der Waals surface area contributed by atoms with Crippen molar-refractivity contribution in [3.63, 3.8) is 0 Å². The van der Waals surface area contributed by atoms with Crippen LogP contribution in [0.3, 0.4) is 0 Å². The number of esters is 1. The number of aromatic nitrogens is 1. The van der Waals surface area contributed by atoms with E-state index in [9.17, 15) is 14.4 Å². The average Bonchev–Trinajstić information content (AvgIpc) is 3.01. The fourth-order valence-electron chi connectivity index (χ4n) is 3.30. The van der Waals surface area contributed by atoms with Crippen molar-refractivity contribution in [2.45, 2.75) is 58.1 Å². The van der Waals surface area contributed by atoms with Crippen molar-refractivity contribution in [2.75, 3.05) is 13.7 Å². The molecule has 2 rings (SSSR count). The number of carbonyl (C=O) groups excluding carboxylic acids is 3. The smallest absolute Gasteiger partial charge is 0.408 e. The SMILES string of the molecule is COC(=O)CCCCNC(=O)C(Cc1cn(C)c2ccccc12)NC(=O)OC(C)(C)C. The van der Waals surface area contributed by atoms with Crippen LogP contribution < -0.4 is 10.6 Å². The number of hydrogen-bond donors (Lipinski definition) is 2. The predicted octanol–water partition coefficient (Wildman–Crippen LogP) is 3.07. The fraction of sp³-hybridized carbons (Fsp3) is 0.522. The largest absolute Gasteiger partial charge is 0.469 e. The van der Waals surface area contributed by atoms with Crippen molar-refractivity contribution in [1.82, 2.24) is 15.2 Å². The Balaban J connectivity index is 2.07. The van der Waals surface area contributed by atoms with Crippen LogP contribution in [0.2, 0.25) is 0 Å². The Bertz CT molecular complexity index is 914. The van der Waals surface area contributed by atoms with Gasteiger partial charge in [0.1, 0.15) is 11.6 Å². The molecule has 0 aliphatic heterocycles. The summed E-state index contributed by atoms with van der Waals surface area (Å²) >= 11 is 0. The van der Waals surface area contributed by atoms with Gasteiger partial charge in [0.15, 0.2) is 0 Å². The van der Waals surface area contributed by atoms with E-state index in [0.717, 1.165) is 16.5 Å². The van der Waals surface area contributed by atoms with E-state index in [4.69, 9.17) is 4.74 Å². The number of methoxy groups -OCH3 is 1. The number of fused-ring (bicyclic) bond motifs is 1. The highest BCUT2D eigenvalue weighted by Crippen LogP contribution is 2.22. The van der Waals surface area contributed by atoms with Crippen molar-refractivity contribution >= 4 is 28.9 Å². The molecule has 0 radical (unpaired) electrons. The lowest BCUT2D eigenvalue weighted by molar-refractivity contribution is -0.140. The van der Waals surface area contributed by atoms with E-state index in [1.54, 1.807) is 20.8 Å². The number of nitrogens with one attached hydrogen (secondary N) is 2. The third-order valence-electron chi connectivity index (χ3n) is 4.75. The Kier molecular flexibility index (Phi) is 8.47. The zero-order chi connectivity index (χ0) is 23.0. The molecule has 0 aliphatic rings. The normalized spacial score (nSPS) is 12.3. The summed E-state index contributed by atoms with van der Waals surface area (Å²) < 4.78 is 12.0. The van der Waals surface area contributed by atoms with Gasteiger partial charge in [-0.1, -0.05) is 18.2 Å². The average molecular weight is 432 g/mol. The molecule has 1 heterocycles. The first-order chi connectivity index (χ1) is 14.6.